The van der Waals surface area contributed by atoms with Gasteiger partial charge in [0.25, 0.3) is 4.73 Å². The standard InChI is InChI=1S/C18H25BrN6O3/c1-22-2-4-23(5-3-22)14(26)17-7-12-6-13(8-17)10-18(9-12,11-17)24-15(19)20-16(21-24)25(27)28/h12-13H,2-11H2,1H3. The van der Waals surface area contributed by atoms with Crippen molar-refractivity contribution in [1.82, 2.24) is 24.6 Å². The highest BCUT2D eigenvalue weighted by atomic mass is 79.9. The smallest absolute Gasteiger partial charge is 0.390 e. The fraction of sp³-hybridized carbons (Fsp3) is 0.833. The number of hydrogen-bond acceptors (Lipinski definition) is 6. The maximum absolute atomic E-state index is 13.7. The van der Waals surface area contributed by atoms with Crippen LogP contribution in [0.5, 0.6) is 0 Å². The molecule has 28 heavy (non-hydrogen) atoms. The van der Waals surface area contributed by atoms with Crippen molar-refractivity contribution in [2.45, 2.75) is 44.1 Å². The Hall–Kier alpha value is -1.55. The van der Waals surface area contributed by atoms with Gasteiger partial charge in [-0.2, -0.15) is 4.68 Å². The summed E-state index contributed by atoms with van der Waals surface area (Å²) < 4.78 is 2.14. The Morgan fingerprint density at radius 2 is 1.82 bits per heavy atom. The van der Waals surface area contributed by atoms with Gasteiger partial charge in [0, 0.05) is 47.2 Å². The van der Waals surface area contributed by atoms with Gasteiger partial charge in [0.2, 0.25) is 5.91 Å². The van der Waals surface area contributed by atoms with Crippen LogP contribution in [0.25, 0.3) is 0 Å². The summed E-state index contributed by atoms with van der Waals surface area (Å²) in [6, 6.07) is 0. The van der Waals surface area contributed by atoms with Gasteiger partial charge in [-0.3, -0.25) is 4.79 Å². The number of halogens is 1. The maximum Gasteiger partial charge on any atom is 0.492 e. The van der Waals surface area contributed by atoms with Crippen molar-refractivity contribution in [2.75, 3.05) is 33.2 Å². The van der Waals surface area contributed by atoms with Crippen LogP contribution < -0.4 is 0 Å². The second-order valence-electron chi connectivity index (χ2n) is 9.41. The van der Waals surface area contributed by atoms with Crippen molar-refractivity contribution in [1.29, 1.82) is 0 Å². The SMILES string of the molecule is CN1CCN(C(=O)C23CC4CC(C2)CC(n2nc([N+](=O)[O-])nc2Br)(C4)C3)CC1. The van der Waals surface area contributed by atoms with Crippen molar-refractivity contribution in [3.8, 4) is 0 Å². The van der Waals surface area contributed by atoms with Crippen LogP contribution in [0.4, 0.5) is 5.95 Å². The van der Waals surface area contributed by atoms with Gasteiger partial charge in [0.15, 0.2) is 0 Å². The van der Waals surface area contributed by atoms with Gasteiger partial charge in [-0.15, -0.1) is 0 Å². The highest BCUT2D eigenvalue weighted by Crippen LogP contribution is 2.65. The predicted molar refractivity (Wildman–Crippen MR) is 104 cm³/mol. The molecule has 2 atom stereocenters. The molecule has 1 aromatic rings. The number of carbonyl (C=O) groups excluding carboxylic acids is 1. The molecule has 5 aliphatic rings. The molecule has 1 aliphatic heterocycles. The Bertz CT molecular complexity index is 819. The van der Waals surface area contributed by atoms with Crippen LogP contribution in [0.2, 0.25) is 0 Å². The lowest BCUT2D eigenvalue weighted by Gasteiger charge is -2.61. The van der Waals surface area contributed by atoms with Crippen LogP contribution in [-0.2, 0) is 10.3 Å². The molecule has 0 spiro atoms. The summed E-state index contributed by atoms with van der Waals surface area (Å²) in [6.07, 6.45) is 5.64. The topological polar surface area (TPSA) is 97.4 Å². The molecule has 1 saturated heterocycles. The maximum atomic E-state index is 13.7. The van der Waals surface area contributed by atoms with E-state index in [9.17, 15) is 14.9 Å². The Labute approximate surface area is 171 Å². The minimum atomic E-state index is -0.549. The summed E-state index contributed by atoms with van der Waals surface area (Å²) in [4.78, 5) is 32.6. The fourth-order valence-electron chi connectivity index (χ4n) is 6.72. The van der Waals surface area contributed by atoms with E-state index in [1.54, 1.807) is 4.68 Å². The van der Waals surface area contributed by atoms with E-state index in [1.165, 1.54) is 0 Å². The molecule has 6 rings (SSSR count). The summed E-state index contributed by atoms with van der Waals surface area (Å²) in [6.45, 7) is 3.41. The molecule has 2 unspecified atom stereocenters. The molecule has 4 aliphatic carbocycles. The van der Waals surface area contributed by atoms with E-state index in [0.717, 1.165) is 64.7 Å². The van der Waals surface area contributed by atoms with Gasteiger partial charge in [0.05, 0.1) is 11.0 Å². The van der Waals surface area contributed by atoms with Gasteiger partial charge in [-0.1, -0.05) is 0 Å². The lowest BCUT2D eigenvalue weighted by Crippen LogP contribution is -2.62. The van der Waals surface area contributed by atoms with E-state index in [2.05, 4.69) is 42.9 Å². The molecule has 9 nitrogen and oxygen atoms in total. The first kappa shape index (κ1) is 18.5. The number of piperazine rings is 1. The molecular formula is C18H25BrN6O3. The molecule has 1 aromatic heterocycles. The third-order valence-electron chi connectivity index (χ3n) is 7.44. The average Bonchev–Trinajstić information content (AvgIpc) is 3.04. The van der Waals surface area contributed by atoms with E-state index in [0.29, 0.717) is 22.5 Å². The van der Waals surface area contributed by atoms with Crippen LogP contribution in [0.3, 0.4) is 0 Å². The molecule has 2 heterocycles. The van der Waals surface area contributed by atoms with Crippen LogP contribution in [0.15, 0.2) is 4.73 Å². The zero-order valence-electron chi connectivity index (χ0n) is 16.0. The van der Waals surface area contributed by atoms with Gasteiger partial charge in [-0.05, 0) is 67.3 Å². The van der Waals surface area contributed by atoms with Crippen molar-refractivity contribution in [2.24, 2.45) is 17.3 Å². The molecule has 4 bridgehead atoms. The third kappa shape index (κ3) is 2.71. The summed E-state index contributed by atoms with van der Waals surface area (Å²) >= 11 is 3.40. The number of aromatic nitrogens is 3. The minimum Gasteiger partial charge on any atom is -0.390 e. The fourth-order valence-corrected chi connectivity index (χ4v) is 7.33. The van der Waals surface area contributed by atoms with E-state index in [1.807, 2.05) is 0 Å². The molecular weight excluding hydrogens is 428 g/mol. The van der Waals surface area contributed by atoms with E-state index >= 15 is 0 Å². The third-order valence-corrected chi connectivity index (χ3v) is 7.96. The van der Waals surface area contributed by atoms with Crippen molar-refractivity contribution in [3.63, 3.8) is 0 Å². The van der Waals surface area contributed by atoms with E-state index in [4.69, 9.17) is 0 Å². The lowest BCUT2D eigenvalue weighted by molar-refractivity contribution is -0.394. The Morgan fingerprint density at radius 1 is 1.18 bits per heavy atom. The van der Waals surface area contributed by atoms with Crippen molar-refractivity contribution in [3.05, 3.63) is 14.8 Å². The van der Waals surface area contributed by atoms with Crippen LogP contribution in [-0.4, -0.2) is 68.6 Å². The first-order valence-electron chi connectivity index (χ1n) is 10.1. The van der Waals surface area contributed by atoms with Gasteiger partial charge in [-0.25, -0.2) is 0 Å². The summed E-state index contributed by atoms with van der Waals surface area (Å²) in [5.41, 5.74) is -0.688. The molecule has 0 aromatic carbocycles. The van der Waals surface area contributed by atoms with E-state index < -0.39 is 4.92 Å². The number of hydrogen-bond donors (Lipinski definition) is 0. The molecule has 10 heteroatoms. The Kier molecular flexibility index (Phi) is 4.11. The van der Waals surface area contributed by atoms with Crippen LogP contribution in [0, 0.1) is 27.4 Å². The van der Waals surface area contributed by atoms with Crippen LogP contribution in [0.1, 0.15) is 38.5 Å². The summed E-state index contributed by atoms with van der Waals surface area (Å²) in [5, 5.41) is 15.4. The second-order valence-corrected chi connectivity index (χ2v) is 10.1. The van der Waals surface area contributed by atoms with Crippen LogP contribution >= 0.6 is 15.9 Å². The molecule has 0 N–H and O–H groups in total. The number of likely N-dealkylation sites (N-methyl/N-ethyl adjacent to an activating group) is 1. The Balaban J connectivity index is 1.49. The molecule has 152 valence electrons. The van der Waals surface area contributed by atoms with Gasteiger partial charge >= 0.3 is 5.95 Å². The molecule has 5 fully saturated rings. The summed E-state index contributed by atoms with van der Waals surface area (Å²) in [7, 11) is 2.09. The Morgan fingerprint density at radius 3 is 2.39 bits per heavy atom. The highest BCUT2D eigenvalue weighted by Gasteiger charge is 2.63. The largest absolute Gasteiger partial charge is 0.492 e. The number of nitro groups is 1. The lowest BCUT2D eigenvalue weighted by atomic mass is 9.46. The average molecular weight is 453 g/mol. The normalized spacial score (nSPS) is 37.4. The molecule has 1 amide bonds. The zero-order chi connectivity index (χ0) is 19.7. The van der Waals surface area contributed by atoms with Gasteiger partial charge < -0.3 is 19.9 Å². The minimum absolute atomic E-state index is 0.296. The van der Waals surface area contributed by atoms with Gasteiger partial charge in [0.1, 0.15) is 0 Å². The van der Waals surface area contributed by atoms with Crippen molar-refractivity contribution >= 4 is 27.8 Å². The predicted octanol–water partition coefficient (Wildman–Crippen LogP) is 2.02. The van der Waals surface area contributed by atoms with E-state index in [-0.39, 0.29) is 16.9 Å². The summed E-state index contributed by atoms with van der Waals surface area (Å²) in [5.74, 6) is 0.882. The molecule has 4 saturated carbocycles. The molecule has 0 radical (unpaired) electrons. The first-order valence-corrected chi connectivity index (χ1v) is 10.8. The first-order chi connectivity index (χ1) is 13.3. The number of amides is 1. The number of carbonyl (C=O) groups is 1. The highest BCUT2D eigenvalue weighted by molar-refractivity contribution is 9.10. The zero-order valence-corrected chi connectivity index (χ0v) is 17.6. The number of nitrogens with zero attached hydrogens (tertiary/aromatic N) is 6. The van der Waals surface area contributed by atoms with Crippen molar-refractivity contribution < 1.29 is 9.72 Å². The number of rotatable bonds is 3. The quantitative estimate of drug-likeness (QED) is 0.513. The second kappa shape index (κ2) is 6.22. The monoisotopic (exact) mass is 452 g/mol.